The first-order valence-electron chi connectivity index (χ1n) is 7.44. The zero-order valence-corrected chi connectivity index (χ0v) is 17.5. The monoisotopic (exact) mass is 368 g/mol. The van der Waals surface area contributed by atoms with Crippen molar-refractivity contribution in [3.8, 4) is 0 Å². The first kappa shape index (κ1) is 22.9. The molecule has 0 bridgehead atoms. The van der Waals surface area contributed by atoms with Crippen molar-refractivity contribution in [3.63, 3.8) is 0 Å². The molecular weight excluding hydrogens is 336 g/mol. The second kappa shape index (κ2) is 10.7. The van der Waals surface area contributed by atoms with Gasteiger partial charge in [0.2, 0.25) is 5.41 Å². The lowest BCUT2D eigenvalue weighted by molar-refractivity contribution is -0.183. The van der Waals surface area contributed by atoms with Crippen molar-refractivity contribution in [3.05, 3.63) is 12.3 Å². The molecule has 0 N–H and O–H groups in total. The molecule has 0 aliphatic carbocycles. The van der Waals surface area contributed by atoms with Gasteiger partial charge in [0.25, 0.3) is 0 Å². The Morgan fingerprint density at radius 2 is 1.35 bits per heavy atom. The van der Waals surface area contributed by atoms with Gasteiger partial charge >= 0.3 is 17.4 Å². The van der Waals surface area contributed by atoms with E-state index >= 15 is 0 Å². The van der Waals surface area contributed by atoms with E-state index < -0.39 is 22.8 Å². The van der Waals surface area contributed by atoms with Crippen LogP contribution < -0.4 is 0 Å². The molecule has 0 amide bonds. The molecular formula is C14H32O7Si2. The normalized spacial score (nSPS) is 19.6. The molecule has 1 saturated heterocycles. The Hall–Kier alpha value is -0.106. The van der Waals surface area contributed by atoms with E-state index in [1.807, 2.05) is 0 Å². The topological polar surface area (TPSA) is 64.6 Å². The molecule has 0 radical (unpaired) electrons. The van der Waals surface area contributed by atoms with Crippen molar-refractivity contribution >= 4 is 17.4 Å². The lowest BCUT2D eigenvalue weighted by Gasteiger charge is -2.46. The molecule has 0 aromatic rings. The highest BCUT2D eigenvalue weighted by Crippen LogP contribution is 2.40. The Morgan fingerprint density at radius 1 is 0.870 bits per heavy atom. The maximum Gasteiger partial charge on any atom is 0.528 e. The van der Waals surface area contributed by atoms with Gasteiger partial charge in [0, 0.05) is 56.2 Å². The zero-order chi connectivity index (χ0) is 18.0. The number of methoxy groups -OCH3 is 2. The summed E-state index contributed by atoms with van der Waals surface area (Å²) in [5, 5.41) is 0. The molecule has 0 saturated carbocycles. The van der Waals surface area contributed by atoms with Gasteiger partial charge < -0.3 is 31.6 Å². The van der Waals surface area contributed by atoms with Crippen LogP contribution in [0.2, 0.25) is 6.04 Å². The Bertz CT molecular complexity index is 301. The Labute approximate surface area is 142 Å². The van der Waals surface area contributed by atoms with Crippen LogP contribution in [0.4, 0.5) is 0 Å². The van der Waals surface area contributed by atoms with Gasteiger partial charge in [-0.15, -0.1) is 0 Å². The third kappa shape index (κ3) is 4.94. The number of hydrogen-bond acceptors (Lipinski definition) is 7. The molecule has 9 heteroatoms. The van der Waals surface area contributed by atoms with Crippen molar-refractivity contribution in [2.45, 2.75) is 30.7 Å². The van der Waals surface area contributed by atoms with Gasteiger partial charge in [0.05, 0.1) is 0 Å². The van der Waals surface area contributed by atoms with Crippen LogP contribution >= 0.6 is 0 Å². The minimum Gasteiger partial charge on any atom is -0.395 e. The van der Waals surface area contributed by atoms with Gasteiger partial charge in [-0.25, -0.2) is 0 Å². The van der Waals surface area contributed by atoms with E-state index in [1.165, 1.54) is 0 Å². The van der Waals surface area contributed by atoms with Crippen LogP contribution in [-0.2, 0) is 31.6 Å². The average molecular weight is 369 g/mol. The molecule has 1 aliphatic heterocycles. The fourth-order valence-corrected chi connectivity index (χ4v) is 7.27. The molecule has 138 valence electrons. The molecule has 1 aliphatic rings. The third-order valence-electron chi connectivity index (χ3n) is 4.26. The molecule has 7 nitrogen and oxygen atoms in total. The van der Waals surface area contributed by atoms with Crippen LogP contribution in [0, 0.1) is 0 Å². The molecule has 23 heavy (non-hydrogen) atoms. The summed E-state index contributed by atoms with van der Waals surface area (Å²) in [6.07, 6.45) is 3.08. The molecule has 0 aromatic heterocycles. The molecule has 1 fully saturated rings. The van der Waals surface area contributed by atoms with Gasteiger partial charge in [0.1, 0.15) is 0 Å². The molecule has 0 aromatic carbocycles. The predicted molar refractivity (Wildman–Crippen MR) is 92.2 cm³/mol. The first-order chi connectivity index (χ1) is 10.9. The summed E-state index contributed by atoms with van der Waals surface area (Å²) >= 11 is 0. The lowest BCUT2D eigenvalue weighted by atomic mass is 10.2. The van der Waals surface area contributed by atoms with Gasteiger partial charge in [-0.2, -0.15) is 0 Å². The second-order valence-electron chi connectivity index (χ2n) is 4.95. The minimum absolute atomic E-state index is 0.630. The maximum absolute atomic E-state index is 5.59. The second-order valence-corrected chi connectivity index (χ2v) is 11.4. The van der Waals surface area contributed by atoms with Crippen LogP contribution in [0.5, 0.6) is 0 Å². The van der Waals surface area contributed by atoms with Crippen molar-refractivity contribution in [1.29, 1.82) is 0 Å². The van der Waals surface area contributed by atoms with Crippen LogP contribution in [-0.4, -0.2) is 72.5 Å². The summed E-state index contributed by atoms with van der Waals surface area (Å²) in [7, 11) is 6.54. The number of ether oxygens (including phenoxy) is 2. The SMILES string of the molecule is C=C[Si](OC)(OC)OC.COC1(OC)CCCC[Si]1(OC)OC. The average Bonchev–Trinajstić information content (AvgIpc) is 2.64. The van der Waals surface area contributed by atoms with Crippen molar-refractivity contribution in [2.24, 2.45) is 0 Å². The summed E-state index contributed by atoms with van der Waals surface area (Å²) in [6, 6.07) is 0.932. The highest BCUT2D eigenvalue weighted by atomic mass is 28.4. The smallest absolute Gasteiger partial charge is 0.395 e. The van der Waals surface area contributed by atoms with Gasteiger partial charge in [-0.05, 0) is 18.2 Å². The van der Waals surface area contributed by atoms with E-state index in [1.54, 1.807) is 55.5 Å². The van der Waals surface area contributed by atoms with Crippen molar-refractivity contribution in [2.75, 3.05) is 49.8 Å². The fourth-order valence-electron chi connectivity index (χ4n) is 2.79. The largest absolute Gasteiger partial charge is 0.528 e. The van der Waals surface area contributed by atoms with E-state index in [0.717, 1.165) is 25.3 Å². The van der Waals surface area contributed by atoms with E-state index in [9.17, 15) is 0 Å². The van der Waals surface area contributed by atoms with E-state index in [-0.39, 0.29) is 0 Å². The van der Waals surface area contributed by atoms with Crippen molar-refractivity contribution in [1.82, 2.24) is 0 Å². The Kier molecular flexibility index (Phi) is 10.6. The van der Waals surface area contributed by atoms with Crippen LogP contribution in [0.3, 0.4) is 0 Å². The molecule has 1 rings (SSSR count). The number of hydrogen-bond donors (Lipinski definition) is 0. The van der Waals surface area contributed by atoms with Gasteiger partial charge in [0.15, 0.2) is 0 Å². The molecule has 0 unspecified atom stereocenters. The quantitative estimate of drug-likeness (QED) is 0.480. The summed E-state index contributed by atoms with van der Waals surface area (Å²) < 4.78 is 37.1. The van der Waals surface area contributed by atoms with E-state index in [2.05, 4.69) is 6.58 Å². The highest BCUT2D eigenvalue weighted by Gasteiger charge is 2.60. The third-order valence-corrected chi connectivity index (χ3v) is 10.6. The molecule has 1 heterocycles. The molecule has 0 atom stereocenters. The summed E-state index contributed by atoms with van der Waals surface area (Å²) in [4.78, 5) is 0. The van der Waals surface area contributed by atoms with Gasteiger partial charge in [-0.1, -0.05) is 13.0 Å². The summed E-state index contributed by atoms with van der Waals surface area (Å²) in [6.45, 7) is 3.53. The highest BCUT2D eigenvalue weighted by molar-refractivity contribution is 6.70. The van der Waals surface area contributed by atoms with E-state index in [0.29, 0.717) is 0 Å². The first-order valence-corrected chi connectivity index (χ1v) is 11.3. The minimum atomic E-state index is -2.43. The van der Waals surface area contributed by atoms with Crippen LogP contribution in [0.25, 0.3) is 0 Å². The van der Waals surface area contributed by atoms with E-state index in [4.69, 9.17) is 31.6 Å². The maximum atomic E-state index is 5.59. The lowest BCUT2D eigenvalue weighted by Crippen LogP contribution is -2.65. The van der Waals surface area contributed by atoms with Crippen molar-refractivity contribution < 1.29 is 31.6 Å². The zero-order valence-electron chi connectivity index (χ0n) is 15.5. The number of rotatable bonds is 8. The van der Waals surface area contributed by atoms with Gasteiger partial charge in [-0.3, -0.25) is 0 Å². The summed E-state index contributed by atoms with van der Waals surface area (Å²) in [5.41, 5.74) is 0.946. The Balaban J connectivity index is 0.000000468. The molecule has 0 spiro atoms. The van der Waals surface area contributed by atoms with Crippen LogP contribution in [0.1, 0.15) is 19.3 Å². The Morgan fingerprint density at radius 3 is 1.57 bits per heavy atom. The van der Waals surface area contributed by atoms with Crippen LogP contribution in [0.15, 0.2) is 12.3 Å². The predicted octanol–water partition coefficient (Wildman–Crippen LogP) is 2.02. The standard InChI is InChI=1S/C9H20O4Si.C5H12O3Si/c1-10-9(11-2)7-5-6-8-14(9,12-3)13-4;1-5-9(6-2,7-3)8-4/h5-8H2,1-4H3;5H,1H2,2-4H3. The fraction of sp³-hybridized carbons (Fsp3) is 0.857. The summed E-state index contributed by atoms with van der Waals surface area (Å²) in [5.74, 6) is 0.